The Morgan fingerprint density at radius 3 is 2.00 bits per heavy atom. The molecule has 0 saturated heterocycles. The minimum absolute atomic E-state index is 0.606. The first-order valence-electron chi connectivity index (χ1n) is 7.21. The average Bonchev–Trinajstić information content (AvgIpc) is 2.79. The second kappa shape index (κ2) is 4.64. The number of rotatable bonds is 2. The molecule has 0 amide bonds. The average molecular weight is 266 g/mol. The zero-order valence-electron chi connectivity index (χ0n) is 12.1. The van der Waals surface area contributed by atoms with Gasteiger partial charge in [0.1, 0.15) is 0 Å². The van der Waals surface area contributed by atoms with E-state index in [2.05, 4.69) is 74.2 Å². The van der Waals surface area contributed by atoms with Crippen LogP contribution in [0.1, 0.15) is 34.6 Å². The Balaban J connectivity index is 2.07. The minimum Gasteiger partial charge on any atom is -0.0691 e. The molecule has 0 spiro atoms. The van der Waals surface area contributed by atoms with E-state index in [9.17, 15) is 0 Å². The highest BCUT2D eigenvalue weighted by Gasteiger charge is 2.38. The molecule has 0 heterocycles. The van der Waals surface area contributed by atoms with Crippen molar-refractivity contribution in [3.8, 4) is 0 Å². The number of benzene rings is 2. The maximum absolute atomic E-state index is 2.50. The lowest BCUT2D eigenvalue weighted by Gasteiger charge is -2.26. The van der Waals surface area contributed by atoms with Crippen LogP contribution in [-0.2, 0) is 0 Å². The fourth-order valence-corrected chi connectivity index (χ4v) is 5.59. The maximum Gasteiger partial charge on any atom is 0.0522 e. The van der Waals surface area contributed by atoms with Crippen LogP contribution in [0.4, 0.5) is 0 Å². The third-order valence-corrected chi connectivity index (χ3v) is 7.10. The molecule has 1 aliphatic rings. The lowest BCUT2D eigenvalue weighted by atomic mass is 9.93. The summed E-state index contributed by atoms with van der Waals surface area (Å²) in [5.41, 5.74) is 5.47. The fraction of sp³-hybridized carbons (Fsp3) is 0.333. The molecule has 0 bridgehead atoms. The molecule has 19 heavy (non-hydrogen) atoms. The van der Waals surface area contributed by atoms with Crippen molar-refractivity contribution in [1.82, 2.24) is 0 Å². The van der Waals surface area contributed by atoms with E-state index < -0.39 is 8.07 Å². The lowest BCUT2D eigenvalue weighted by Crippen LogP contribution is -2.29. The summed E-state index contributed by atoms with van der Waals surface area (Å²) < 4.78 is 0. The highest BCUT2D eigenvalue weighted by molar-refractivity contribution is 6.77. The Hall–Kier alpha value is -1.34. The van der Waals surface area contributed by atoms with Gasteiger partial charge in [0.25, 0.3) is 0 Å². The van der Waals surface area contributed by atoms with Crippen LogP contribution < -0.4 is 0 Å². The first-order valence-corrected chi connectivity index (χ1v) is 10.8. The molecule has 0 N–H and O–H groups in total. The molecule has 0 saturated carbocycles. The van der Waals surface area contributed by atoms with Crippen LogP contribution in [0.2, 0.25) is 19.6 Å². The first kappa shape index (κ1) is 12.7. The van der Waals surface area contributed by atoms with Crippen molar-refractivity contribution < 1.29 is 0 Å². The molecule has 3 rings (SSSR count). The highest BCUT2D eigenvalue weighted by atomic mass is 28.3. The van der Waals surface area contributed by atoms with Crippen LogP contribution in [0.5, 0.6) is 0 Å². The van der Waals surface area contributed by atoms with Gasteiger partial charge in [-0.3, -0.25) is 0 Å². The van der Waals surface area contributed by atoms with E-state index in [1.807, 2.05) is 0 Å². The molecule has 0 nitrogen and oxygen atoms in total. The quantitative estimate of drug-likeness (QED) is 0.657. The summed E-state index contributed by atoms with van der Waals surface area (Å²) in [6, 6.07) is 20.1. The van der Waals surface area contributed by atoms with Crippen LogP contribution in [0.25, 0.3) is 0 Å². The summed E-state index contributed by atoms with van der Waals surface area (Å²) in [5, 5.41) is 0. The topological polar surface area (TPSA) is 0 Å². The molecule has 2 aromatic carbocycles. The Bertz CT molecular complexity index is 566. The standard InChI is InChI=1S/C18H22Si/c1-19(2,3)18-13-17(14-9-5-4-6-10-14)15-11-7-8-12-16(15)18/h4-12,17-18H,13H2,1-3H3. The molecule has 0 aromatic heterocycles. The van der Waals surface area contributed by atoms with E-state index in [-0.39, 0.29) is 0 Å². The van der Waals surface area contributed by atoms with Gasteiger partial charge in [-0.15, -0.1) is 0 Å². The molecule has 1 heteroatoms. The second-order valence-corrected chi connectivity index (χ2v) is 12.2. The highest BCUT2D eigenvalue weighted by Crippen LogP contribution is 2.48. The van der Waals surface area contributed by atoms with Crippen molar-refractivity contribution in [2.75, 3.05) is 0 Å². The fourth-order valence-electron chi connectivity index (χ4n) is 3.46. The SMILES string of the molecule is C[Si](C)(C)C1CC(c2ccccc2)c2ccccc21. The summed E-state index contributed by atoms with van der Waals surface area (Å²) in [7, 11) is -1.15. The molecule has 1 aliphatic carbocycles. The molecule has 2 unspecified atom stereocenters. The van der Waals surface area contributed by atoms with Crippen LogP contribution in [-0.4, -0.2) is 8.07 Å². The lowest BCUT2D eigenvalue weighted by molar-refractivity contribution is 0.753. The van der Waals surface area contributed by atoms with E-state index in [0.717, 1.165) is 5.54 Å². The normalized spacial score (nSPS) is 22.3. The van der Waals surface area contributed by atoms with Crippen LogP contribution in [0.15, 0.2) is 54.6 Å². The second-order valence-electron chi connectivity index (χ2n) is 6.75. The zero-order chi connectivity index (χ0) is 13.5. The Kier molecular flexibility index (Phi) is 3.10. The van der Waals surface area contributed by atoms with E-state index in [1.165, 1.54) is 12.0 Å². The van der Waals surface area contributed by atoms with Gasteiger partial charge in [0.15, 0.2) is 0 Å². The van der Waals surface area contributed by atoms with Crippen LogP contribution in [0, 0.1) is 0 Å². The number of hydrogen-bond donors (Lipinski definition) is 0. The number of fused-ring (bicyclic) bond motifs is 1. The molecule has 2 atom stereocenters. The molecule has 0 radical (unpaired) electrons. The molecule has 98 valence electrons. The summed E-state index contributed by atoms with van der Waals surface area (Å²) in [5.74, 6) is 0.606. The van der Waals surface area contributed by atoms with Crippen molar-refractivity contribution in [1.29, 1.82) is 0 Å². The zero-order valence-corrected chi connectivity index (χ0v) is 13.1. The summed E-state index contributed by atoms with van der Waals surface area (Å²) in [6.45, 7) is 7.51. The molecule has 0 aliphatic heterocycles. The summed E-state index contributed by atoms with van der Waals surface area (Å²) in [6.07, 6.45) is 1.30. The first-order chi connectivity index (χ1) is 9.07. The van der Waals surface area contributed by atoms with E-state index in [1.54, 1.807) is 11.1 Å². The Morgan fingerprint density at radius 2 is 1.37 bits per heavy atom. The smallest absolute Gasteiger partial charge is 0.0522 e. The summed E-state index contributed by atoms with van der Waals surface area (Å²) in [4.78, 5) is 0. The summed E-state index contributed by atoms with van der Waals surface area (Å²) >= 11 is 0. The molecular weight excluding hydrogens is 244 g/mol. The van der Waals surface area contributed by atoms with Crippen molar-refractivity contribution in [3.05, 3.63) is 71.3 Å². The van der Waals surface area contributed by atoms with Gasteiger partial charge < -0.3 is 0 Å². The van der Waals surface area contributed by atoms with Gasteiger partial charge in [0, 0.05) is 5.92 Å². The van der Waals surface area contributed by atoms with Gasteiger partial charge in [-0.25, -0.2) is 0 Å². The van der Waals surface area contributed by atoms with E-state index in [0.29, 0.717) is 5.92 Å². The predicted octanol–water partition coefficient (Wildman–Crippen LogP) is 5.18. The number of hydrogen-bond acceptors (Lipinski definition) is 0. The van der Waals surface area contributed by atoms with Gasteiger partial charge in [0.2, 0.25) is 0 Å². The van der Waals surface area contributed by atoms with Crippen molar-refractivity contribution in [2.45, 2.75) is 37.5 Å². The van der Waals surface area contributed by atoms with Crippen molar-refractivity contribution in [3.63, 3.8) is 0 Å². The predicted molar refractivity (Wildman–Crippen MR) is 85.4 cm³/mol. The Labute approximate surface area is 117 Å². The van der Waals surface area contributed by atoms with Gasteiger partial charge in [-0.1, -0.05) is 74.2 Å². The van der Waals surface area contributed by atoms with Crippen LogP contribution in [0.3, 0.4) is 0 Å². The molecule has 2 aromatic rings. The van der Waals surface area contributed by atoms with Gasteiger partial charge in [-0.2, -0.15) is 0 Å². The largest absolute Gasteiger partial charge is 0.0691 e. The van der Waals surface area contributed by atoms with E-state index in [4.69, 9.17) is 0 Å². The van der Waals surface area contributed by atoms with Gasteiger partial charge >= 0.3 is 0 Å². The molecule has 0 fully saturated rings. The third kappa shape index (κ3) is 2.28. The van der Waals surface area contributed by atoms with Crippen molar-refractivity contribution in [2.24, 2.45) is 0 Å². The maximum atomic E-state index is 2.50. The molecular formula is C18H22Si. The van der Waals surface area contributed by atoms with Gasteiger partial charge in [0.05, 0.1) is 8.07 Å². The Morgan fingerprint density at radius 1 is 0.789 bits per heavy atom. The van der Waals surface area contributed by atoms with Crippen LogP contribution >= 0.6 is 0 Å². The van der Waals surface area contributed by atoms with Gasteiger partial charge in [-0.05, 0) is 28.7 Å². The minimum atomic E-state index is -1.15. The van der Waals surface area contributed by atoms with Crippen molar-refractivity contribution >= 4 is 8.07 Å². The monoisotopic (exact) mass is 266 g/mol. The van der Waals surface area contributed by atoms with E-state index >= 15 is 0 Å². The third-order valence-electron chi connectivity index (χ3n) is 4.47.